The Kier molecular flexibility index (Phi) is 2.01. The van der Waals surface area contributed by atoms with Crippen LogP contribution in [0.25, 0.3) is 0 Å². The molecule has 2 aliphatic heterocycles. The fraction of sp³-hybridized carbons (Fsp3) is 0.571. The molecule has 96 valence electrons. The second-order valence-corrected chi connectivity index (χ2v) is 5.73. The van der Waals surface area contributed by atoms with Crippen LogP contribution in [0.5, 0.6) is 11.5 Å². The summed E-state index contributed by atoms with van der Waals surface area (Å²) < 4.78 is 5.96. The van der Waals surface area contributed by atoms with Crippen molar-refractivity contribution in [1.82, 2.24) is 5.32 Å². The topological polar surface area (TPSA) is 61.7 Å². The average molecular weight is 247 g/mol. The van der Waals surface area contributed by atoms with Crippen LogP contribution in [0.3, 0.4) is 0 Å². The molecule has 0 radical (unpaired) electrons. The Labute approximate surface area is 106 Å². The van der Waals surface area contributed by atoms with Crippen molar-refractivity contribution in [3.05, 3.63) is 23.3 Å². The van der Waals surface area contributed by atoms with Crippen LogP contribution in [0, 0.1) is 0 Å². The lowest BCUT2D eigenvalue weighted by Crippen LogP contribution is -2.34. The van der Waals surface area contributed by atoms with E-state index < -0.39 is 0 Å². The second kappa shape index (κ2) is 3.39. The Balaban J connectivity index is 1.97. The number of aromatic hydroxyl groups is 1. The van der Waals surface area contributed by atoms with Gasteiger partial charge >= 0.3 is 0 Å². The van der Waals surface area contributed by atoms with Crippen molar-refractivity contribution < 1.29 is 14.9 Å². The molecular weight excluding hydrogens is 230 g/mol. The molecular formula is C14H17NO3. The molecule has 3 N–H and O–H groups in total. The summed E-state index contributed by atoms with van der Waals surface area (Å²) in [7, 11) is 0. The smallest absolute Gasteiger partial charge is 0.165 e. The second-order valence-electron chi connectivity index (χ2n) is 5.73. The van der Waals surface area contributed by atoms with Gasteiger partial charge in [-0.3, -0.25) is 0 Å². The van der Waals surface area contributed by atoms with E-state index in [0.717, 1.165) is 31.5 Å². The van der Waals surface area contributed by atoms with Gasteiger partial charge in [0, 0.05) is 23.9 Å². The van der Waals surface area contributed by atoms with Gasteiger partial charge in [-0.2, -0.15) is 0 Å². The first-order chi connectivity index (χ1) is 8.71. The Morgan fingerprint density at radius 1 is 1.39 bits per heavy atom. The maximum Gasteiger partial charge on any atom is 0.165 e. The molecule has 1 aliphatic carbocycles. The van der Waals surface area contributed by atoms with Crippen LogP contribution in [-0.2, 0) is 12.0 Å². The van der Waals surface area contributed by atoms with E-state index in [1.54, 1.807) is 6.07 Å². The Bertz CT molecular complexity index is 516. The third kappa shape index (κ3) is 1.17. The van der Waals surface area contributed by atoms with Gasteiger partial charge in [-0.1, -0.05) is 6.07 Å². The monoisotopic (exact) mass is 247 g/mol. The average Bonchev–Trinajstić information content (AvgIpc) is 2.71. The van der Waals surface area contributed by atoms with Gasteiger partial charge in [-0.15, -0.1) is 0 Å². The number of aliphatic hydroxyl groups is 1. The zero-order valence-corrected chi connectivity index (χ0v) is 10.1. The molecule has 4 heteroatoms. The van der Waals surface area contributed by atoms with Gasteiger partial charge in [0.2, 0.25) is 0 Å². The van der Waals surface area contributed by atoms with Gasteiger partial charge in [0.15, 0.2) is 11.5 Å². The van der Waals surface area contributed by atoms with E-state index in [1.807, 2.05) is 6.07 Å². The highest BCUT2D eigenvalue weighted by Crippen LogP contribution is 2.57. The number of phenolic OH excluding ortho intramolecular Hbond substituents is 1. The summed E-state index contributed by atoms with van der Waals surface area (Å²) in [6.07, 6.45) is 2.14. The molecule has 3 aliphatic rings. The molecule has 0 bridgehead atoms. The number of rotatable bonds is 0. The highest BCUT2D eigenvalue weighted by atomic mass is 16.5. The Morgan fingerprint density at radius 2 is 2.28 bits per heavy atom. The van der Waals surface area contributed by atoms with Gasteiger partial charge in [0.05, 0.1) is 6.10 Å². The summed E-state index contributed by atoms with van der Waals surface area (Å²) in [6.45, 7) is 1.75. The largest absolute Gasteiger partial charge is 0.504 e. The van der Waals surface area contributed by atoms with Crippen molar-refractivity contribution in [2.45, 2.75) is 43.4 Å². The quantitative estimate of drug-likeness (QED) is 0.641. The highest BCUT2D eigenvalue weighted by molar-refractivity contribution is 5.58. The first kappa shape index (κ1) is 10.6. The lowest BCUT2D eigenvalue weighted by atomic mass is 9.74. The summed E-state index contributed by atoms with van der Waals surface area (Å²) in [4.78, 5) is 0. The normalized spacial score (nSPS) is 36.7. The summed E-state index contributed by atoms with van der Waals surface area (Å²) >= 11 is 0. The van der Waals surface area contributed by atoms with Crippen molar-refractivity contribution in [2.75, 3.05) is 6.54 Å². The molecule has 1 aromatic carbocycles. The molecule has 3 atom stereocenters. The summed E-state index contributed by atoms with van der Waals surface area (Å²) in [5.41, 5.74) is 2.26. The van der Waals surface area contributed by atoms with Gasteiger partial charge in [-0.05, 0) is 31.0 Å². The van der Waals surface area contributed by atoms with Crippen LogP contribution in [0.4, 0.5) is 0 Å². The highest BCUT2D eigenvalue weighted by Gasteiger charge is 2.56. The third-order valence-corrected chi connectivity index (χ3v) is 4.75. The van der Waals surface area contributed by atoms with Crippen LogP contribution in [0.15, 0.2) is 12.1 Å². The zero-order valence-electron chi connectivity index (χ0n) is 10.1. The van der Waals surface area contributed by atoms with Gasteiger partial charge in [0.25, 0.3) is 0 Å². The molecule has 1 saturated carbocycles. The predicted octanol–water partition coefficient (Wildman–Crippen LogP) is 1.04. The first-order valence-corrected chi connectivity index (χ1v) is 6.61. The van der Waals surface area contributed by atoms with Crippen molar-refractivity contribution in [3.63, 3.8) is 0 Å². The van der Waals surface area contributed by atoms with Gasteiger partial charge < -0.3 is 20.3 Å². The minimum absolute atomic E-state index is 0.0226. The Morgan fingerprint density at radius 3 is 3.17 bits per heavy atom. The fourth-order valence-corrected chi connectivity index (χ4v) is 4.02. The van der Waals surface area contributed by atoms with E-state index in [4.69, 9.17) is 4.74 Å². The van der Waals surface area contributed by atoms with Crippen LogP contribution in [0.1, 0.15) is 30.4 Å². The molecule has 1 spiro atoms. The number of hydrogen-bond donors (Lipinski definition) is 3. The van der Waals surface area contributed by atoms with Crippen molar-refractivity contribution in [2.24, 2.45) is 0 Å². The Hall–Kier alpha value is -1.26. The van der Waals surface area contributed by atoms with Gasteiger partial charge in [-0.25, -0.2) is 0 Å². The maximum atomic E-state index is 9.99. The van der Waals surface area contributed by atoms with Crippen LogP contribution < -0.4 is 10.1 Å². The van der Waals surface area contributed by atoms with Crippen molar-refractivity contribution in [3.8, 4) is 11.5 Å². The van der Waals surface area contributed by atoms with E-state index in [-0.39, 0.29) is 23.4 Å². The van der Waals surface area contributed by atoms with E-state index in [0.29, 0.717) is 12.2 Å². The van der Waals surface area contributed by atoms with Gasteiger partial charge in [0.1, 0.15) is 6.10 Å². The van der Waals surface area contributed by atoms with E-state index in [9.17, 15) is 10.2 Å². The molecule has 4 nitrogen and oxygen atoms in total. The molecule has 2 heterocycles. The van der Waals surface area contributed by atoms with Crippen LogP contribution >= 0.6 is 0 Å². The number of benzene rings is 1. The first-order valence-electron chi connectivity index (χ1n) is 6.61. The van der Waals surface area contributed by atoms with E-state index >= 15 is 0 Å². The minimum atomic E-state index is -0.281. The van der Waals surface area contributed by atoms with E-state index in [1.165, 1.54) is 5.56 Å². The van der Waals surface area contributed by atoms with Crippen molar-refractivity contribution in [1.29, 1.82) is 0 Å². The van der Waals surface area contributed by atoms with E-state index in [2.05, 4.69) is 5.32 Å². The lowest BCUT2D eigenvalue weighted by molar-refractivity contribution is 0.146. The molecule has 0 saturated heterocycles. The lowest BCUT2D eigenvalue weighted by Gasteiger charge is -2.27. The van der Waals surface area contributed by atoms with Crippen molar-refractivity contribution >= 4 is 0 Å². The third-order valence-electron chi connectivity index (χ3n) is 4.75. The zero-order chi connectivity index (χ0) is 12.3. The molecule has 1 fully saturated rings. The molecule has 0 unspecified atom stereocenters. The number of hydrogen-bond acceptors (Lipinski definition) is 4. The predicted molar refractivity (Wildman–Crippen MR) is 65.8 cm³/mol. The fourth-order valence-electron chi connectivity index (χ4n) is 4.02. The summed E-state index contributed by atoms with van der Waals surface area (Å²) in [5, 5.41) is 23.4. The molecule has 4 rings (SSSR count). The van der Waals surface area contributed by atoms with Crippen LogP contribution in [-0.4, -0.2) is 29.0 Å². The minimum Gasteiger partial charge on any atom is -0.504 e. The molecule has 0 amide bonds. The number of phenols is 1. The summed E-state index contributed by atoms with van der Waals surface area (Å²) in [5.74, 6) is 0.895. The number of ether oxygens (including phenoxy) is 1. The SMILES string of the molecule is Oc1ccc2c3c1O[C@H]1C[C@@H](O)C[C@@]31CCNC2. The maximum absolute atomic E-state index is 9.99. The molecule has 0 aromatic heterocycles. The molecule has 18 heavy (non-hydrogen) atoms. The summed E-state index contributed by atoms with van der Waals surface area (Å²) in [6, 6.07) is 3.69. The van der Waals surface area contributed by atoms with Crippen LogP contribution in [0.2, 0.25) is 0 Å². The number of nitrogens with one attached hydrogen (secondary N) is 1. The standard InChI is InChI=1S/C14H17NO3/c16-9-5-11-14(6-9)3-4-15-7-8-1-2-10(17)13(18-11)12(8)14/h1-2,9,11,15-17H,3-7H2/t9-,11+,14-/m1/s1. The molecule has 1 aromatic rings. The number of aliphatic hydroxyl groups excluding tert-OH is 1.